The van der Waals surface area contributed by atoms with E-state index in [2.05, 4.69) is 0 Å². The Bertz CT molecular complexity index is 782. The molecular weight excluding hydrogens is 321 g/mol. The first-order valence-electron chi connectivity index (χ1n) is 6.69. The van der Waals surface area contributed by atoms with E-state index in [4.69, 9.17) is 16.6 Å². The van der Waals surface area contributed by atoms with Crippen molar-refractivity contribution in [3.63, 3.8) is 0 Å². The van der Waals surface area contributed by atoms with Crippen LogP contribution in [-0.4, -0.2) is 21.7 Å². The maximum atomic E-state index is 13.2. The van der Waals surface area contributed by atoms with Gasteiger partial charge in [0, 0.05) is 18.2 Å². The molecule has 0 spiro atoms. The summed E-state index contributed by atoms with van der Waals surface area (Å²) in [6, 6.07) is 9.67. The van der Waals surface area contributed by atoms with Crippen LogP contribution < -0.4 is 0 Å². The van der Waals surface area contributed by atoms with Crippen LogP contribution in [0.25, 0.3) is 17.4 Å². The van der Waals surface area contributed by atoms with Crippen molar-refractivity contribution < 1.29 is 13.6 Å². The number of likely N-dealkylation sites (N-methyl/N-ethyl adjacent to an activating group) is 1. The molecule has 2 heterocycles. The normalized spacial score (nSPS) is 16.8. The third-order valence-corrected chi connectivity index (χ3v) is 4.58. The number of halogens is 1. The van der Waals surface area contributed by atoms with E-state index in [0.717, 1.165) is 0 Å². The molecule has 0 atom stereocenters. The quantitative estimate of drug-likeness (QED) is 0.619. The van der Waals surface area contributed by atoms with Crippen LogP contribution >= 0.6 is 24.0 Å². The second-order valence-electron chi connectivity index (χ2n) is 4.64. The van der Waals surface area contributed by atoms with Gasteiger partial charge >= 0.3 is 0 Å². The van der Waals surface area contributed by atoms with Crippen LogP contribution in [0.3, 0.4) is 0 Å². The van der Waals surface area contributed by atoms with Crippen LogP contribution in [0.5, 0.6) is 0 Å². The van der Waals surface area contributed by atoms with Crippen molar-refractivity contribution in [2.45, 2.75) is 6.92 Å². The second-order valence-corrected chi connectivity index (χ2v) is 6.31. The third-order valence-electron chi connectivity index (χ3n) is 3.20. The van der Waals surface area contributed by atoms with Crippen molar-refractivity contribution in [3.8, 4) is 11.3 Å². The van der Waals surface area contributed by atoms with Crippen LogP contribution in [0.4, 0.5) is 4.39 Å². The summed E-state index contributed by atoms with van der Waals surface area (Å²) in [4.78, 5) is 14.2. The number of rotatable bonds is 3. The Hall–Kier alpha value is -1.92. The molecule has 1 aliphatic rings. The topological polar surface area (TPSA) is 33.5 Å². The molecule has 3 rings (SSSR count). The first kappa shape index (κ1) is 15.0. The summed E-state index contributed by atoms with van der Waals surface area (Å²) in [6.45, 7) is 2.43. The van der Waals surface area contributed by atoms with E-state index in [1.165, 1.54) is 23.9 Å². The highest BCUT2D eigenvalue weighted by Gasteiger charge is 2.30. The highest BCUT2D eigenvalue weighted by atomic mass is 32.2. The molecule has 0 bridgehead atoms. The van der Waals surface area contributed by atoms with Crippen LogP contribution in [0.15, 0.2) is 45.7 Å². The molecule has 0 N–H and O–H groups in total. The van der Waals surface area contributed by atoms with Gasteiger partial charge in [-0.3, -0.25) is 9.69 Å². The van der Waals surface area contributed by atoms with E-state index in [1.807, 2.05) is 6.92 Å². The maximum Gasteiger partial charge on any atom is 0.266 e. The van der Waals surface area contributed by atoms with E-state index in [0.29, 0.717) is 32.9 Å². The zero-order valence-electron chi connectivity index (χ0n) is 11.7. The van der Waals surface area contributed by atoms with Crippen molar-refractivity contribution >= 4 is 40.3 Å². The van der Waals surface area contributed by atoms with Gasteiger partial charge in [-0.25, -0.2) is 4.39 Å². The molecule has 22 heavy (non-hydrogen) atoms. The van der Waals surface area contributed by atoms with Gasteiger partial charge in [0.05, 0.1) is 4.91 Å². The van der Waals surface area contributed by atoms with Crippen molar-refractivity contribution in [2.75, 3.05) is 6.54 Å². The largest absolute Gasteiger partial charge is 0.457 e. The van der Waals surface area contributed by atoms with Gasteiger partial charge in [-0.05, 0) is 31.2 Å². The lowest BCUT2D eigenvalue weighted by molar-refractivity contribution is -0.121. The minimum absolute atomic E-state index is 0.110. The number of carbonyl (C=O) groups excluding carboxylic acids is 1. The van der Waals surface area contributed by atoms with Crippen molar-refractivity contribution in [2.24, 2.45) is 0 Å². The fourth-order valence-corrected chi connectivity index (χ4v) is 3.49. The Labute approximate surface area is 136 Å². The van der Waals surface area contributed by atoms with Gasteiger partial charge in [0.1, 0.15) is 21.7 Å². The lowest BCUT2D eigenvalue weighted by atomic mass is 10.2. The molecule has 1 aromatic carbocycles. The SMILES string of the molecule is CCN1C(=O)/C(=C/c2ccc(-c3cccc(F)c3)o2)SC1=S. The molecule has 1 saturated heterocycles. The number of benzene rings is 1. The Balaban J connectivity index is 1.88. The summed E-state index contributed by atoms with van der Waals surface area (Å²) in [7, 11) is 0. The Morgan fingerprint density at radius 1 is 1.36 bits per heavy atom. The average molecular weight is 333 g/mol. The first-order chi connectivity index (χ1) is 10.6. The summed E-state index contributed by atoms with van der Waals surface area (Å²) in [5, 5.41) is 0. The highest BCUT2D eigenvalue weighted by molar-refractivity contribution is 8.26. The number of hydrogen-bond acceptors (Lipinski definition) is 4. The smallest absolute Gasteiger partial charge is 0.266 e. The fraction of sp³-hybridized carbons (Fsp3) is 0.125. The molecule has 0 saturated carbocycles. The summed E-state index contributed by atoms with van der Waals surface area (Å²) in [5.74, 6) is 0.660. The van der Waals surface area contributed by atoms with E-state index >= 15 is 0 Å². The molecule has 1 aromatic heterocycles. The molecule has 3 nitrogen and oxygen atoms in total. The molecule has 0 unspecified atom stereocenters. The van der Waals surface area contributed by atoms with E-state index in [9.17, 15) is 9.18 Å². The van der Waals surface area contributed by atoms with Gasteiger partial charge < -0.3 is 4.42 Å². The summed E-state index contributed by atoms with van der Waals surface area (Å²) in [5.41, 5.74) is 0.653. The molecule has 1 fully saturated rings. The minimum atomic E-state index is -0.320. The zero-order chi connectivity index (χ0) is 15.7. The number of furan rings is 1. The molecule has 2 aromatic rings. The number of nitrogens with zero attached hydrogens (tertiary/aromatic N) is 1. The standard InChI is InChI=1S/C16H12FNO2S2/c1-2-18-15(19)14(22-16(18)21)9-12-6-7-13(20-12)10-4-3-5-11(17)8-10/h3-9H,2H2,1H3/b14-9-. The van der Waals surface area contributed by atoms with Crippen LogP contribution in [-0.2, 0) is 4.79 Å². The molecular formula is C16H12FNO2S2. The zero-order valence-corrected chi connectivity index (χ0v) is 13.3. The average Bonchev–Trinajstić information content (AvgIpc) is 3.05. The first-order valence-corrected chi connectivity index (χ1v) is 7.92. The Morgan fingerprint density at radius 2 is 2.18 bits per heavy atom. The van der Waals surface area contributed by atoms with E-state index in [1.54, 1.807) is 35.2 Å². The molecule has 1 aliphatic heterocycles. The highest BCUT2D eigenvalue weighted by Crippen LogP contribution is 2.33. The number of amides is 1. The molecule has 112 valence electrons. The lowest BCUT2D eigenvalue weighted by Gasteiger charge is -2.09. The predicted molar refractivity (Wildman–Crippen MR) is 89.7 cm³/mol. The monoisotopic (exact) mass is 333 g/mol. The molecule has 1 amide bonds. The second kappa shape index (κ2) is 6.06. The maximum absolute atomic E-state index is 13.2. The van der Waals surface area contributed by atoms with Gasteiger partial charge in [0.25, 0.3) is 5.91 Å². The predicted octanol–water partition coefficient (Wildman–Crippen LogP) is 4.31. The Kier molecular flexibility index (Phi) is 4.13. The van der Waals surface area contributed by atoms with Gasteiger partial charge in [-0.2, -0.15) is 0 Å². The van der Waals surface area contributed by atoms with Gasteiger partial charge in [-0.15, -0.1) is 0 Å². The Morgan fingerprint density at radius 3 is 2.86 bits per heavy atom. The van der Waals surface area contributed by atoms with E-state index in [-0.39, 0.29) is 11.7 Å². The summed E-state index contributed by atoms with van der Waals surface area (Å²) < 4.78 is 19.5. The lowest BCUT2D eigenvalue weighted by Crippen LogP contribution is -2.27. The molecule has 0 aliphatic carbocycles. The van der Waals surface area contributed by atoms with E-state index < -0.39 is 0 Å². The van der Waals surface area contributed by atoms with Crippen LogP contribution in [0.2, 0.25) is 0 Å². The minimum Gasteiger partial charge on any atom is -0.457 e. The van der Waals surface area contributed by atoms with Crippen molar-refractivity contribution in [3.05, 3.63) is 52.9 Å². The van der Waals surface area contributed by atoms with Crippen LogP contribution in [0.1, 0.15) is 12.7 Å². The van der Waals surface area contributed by atoms with Gasteiger partial charge in [0.15, 0.2) is 0 Å². The fourth-order valence-electron chi connectivity index (χ4n) is 2.13. The van der Waals surface area contributed by atoms with Crippen LogP contribution in [0, 0.1) is 5.82 Å². The molecule has 0 radical (unpaired) electrons. The number of hydrogen-bond donors (Lipinski definition) is 0. The van der Waals surface area contributed by atoms with Crippen molar-refractivity contribution in [1.29, 1.82) is 0 Å². The number of thioether (sulfide) groups is 1. The number of carbonyl (C=O) groups is 1. The third kappa shape index (κ3) is 2.84. The van der Waals surface area contributed by atoms with Crippen molar-refractivity contribution in [1.82, 2.24) is 4.90 Å². The molecule has 6 heteroatoms. The number of thiocarbonyl (C=S) groups is 1. The van der Waals surface area contributed by atoms with Gasteiger partial charge in [-0.1, -0.05) is 36.1 Å². The summed E-state index contributed by atoms with van der Waals surface area (Å²) >= 11 is 6.42. The summed E-state index contributed by atoms with van der Waals surface area (Å²) in [6.07, 6.45) is 1.66. The van der Waals surface area contributed by atoms with Gasteiger partial charge in [0.2, 0.25) is 0 Å².